The van der Waals surface area contributed by atoms with Crippen LogP contribution >= 0.6 is 12.6 Å². The van der Waals surface area contributed by atoms with Crippen LogP contribution in [-0.2, 0) is 0 Å². The Bertz CT molecular complexity index is 425. The van der Waals surface area contributed by atoms with Gasteiger partial charge in [0.25, 0.3) is 0 Å². The Balaban J connectivity index is 2.24. The summed E-state index contributed by atoms with van der Waals surface area (Å²) in [6.45, 7) is 1.88. The smallest absolute Gasteiger partial charge is 0.147 e. The standard InChI is InChI=1S/C13H17FN2S/c14-11-8-10(12(15)9-17)4-5-13(11)16-6-2-1-3-7-16/h4-5,8-9,17H,1-3,6-7,15H2/b12-9-. The van der Waals surface area contributed by atoms with E-state index in [0.29, 0.717) is 16.9 Å². The fourth-order valence-corrected chi connectivity index (χ4v) is 2.30. The van der Waals surface area contributed by atoms with Gasteiger partial charge in [-0.05, 0) is 36.8 Å². The molecule has 92 valence electrons. The van der Waals surface area contributed by atoms with E-state index < -0.39 is 0 Å². The van der Waals surface area contributed by atoms with Crippen LogP contribution < -0.4 is 10.6 Å². The molecule has 1 saturated heterocycles. The fraction of sp³-hybridized carbons (Fsp3) is 0.385. The van der Waals surface area contributed by atoms with Gasteiger partial charge in [-0.15, -0.1) is 12.6 Å². The number of piperidine rings is 1. The molecule has 0 atom stereocenters. The van der Waals surface area contributed by atoms with E-state index in [2.05, 4.69) is 17.5 Å². The van der Waals surface area contributed by atoms with Gasteiger partial charge < -0.3 is 10.6 Å². The summed E-state index contributed by atoms with van der Waals surface area (Å²) in [6, 6.07) is 5.13. The molecule has 2 N–H and O–H groups in total. The second kappa shape index (κ2) is 5.45. The van der Waals surface area contributed by atoms with Crippen molar-refractivity contribution in [2.45, 2.75) is 19.3 Å². The number of benzene rings is 1. The van der Waals surface area contributed by atoms with Crippen molar-refractivity contribution in [3.8, 4) is 0 Å². The minimum atomic E-state index is -0.206. The lowest BCUT2D eigenvalue weighted by Gasteiger charge is -2.29. The number of hydrogen-bond acceptors (Lipinski definition) is 3. The van der Waals surface area contributed by atoms with Gasteiger partial charge in [0, 0.05) is 24.4 Å². The van der Waals surface area contributed by atoms with Crippen LogP contribution in [0.5, 0.6) is 0 Å². The Labute approximate surface area is 107 Å². The average molecular weight is 252 g/mol. The molecule has 2 nitrogen and oxygen atoms in total. The lowest BCUT2D eigenvalue weighted by atomic mass is 10.1. The second-order valence-electron chi connectivity index (χ2n) is 4.30. The van der Waals surface area contributed by atoms with Crippen LogP contribution in [-0.4, -0.2) is 13.1 Å². The lowest BCUT2D eigenvalue weighted by Crippen LogP contribution is -2.30. The highest BCUT2D eigenvalue weighted by Gasteiger charge is 2.15. The van der Waals surface area contributed by atoms with Crippen molar-refractivity contribution in [3.05, 3.63) is 35.0 Å². The highest BCUT2D eigenvalue weighted by atomic mass is 32.1. The van der Waals surface area contributed by atoms with Gasteiger partial charge in [-0.25, -0.2) is 4.39 Å². The Morgan fingerprint density at radius 1 is 1.29 bits per heavy atom. The van der Waals surface area contributed by atoms with Crippen LogP contribution in [0, 0.1) is 5.82 Å². The molecule has 0 saturated carbocycles. The van der Waals surface area contributed by atoms with E-state index in [9.17, 15) is 4.39 Å². The molecule has 2 rings (SSSR count). The minimum Gasteiger partial charge on any atom is -0.398 e. The monoisotopic (exact) mass is 252 g/mol. The average Bonchev–Trinajstić information content (AvgIpc) is 2.38. The largest absolute Gasteiger partial charge is 0.398 e. The zero-order valence-electron chi connectivity index (χ0n) is 9.69. The Kier molecular flexibility index (Phi) is 3.94. The topological polar surface area (TPSA) is 29.3 Å². The summed E-state index contributed by atoms with van der Waals surface area (Å²) in [5.41, 5.74) is 7.54. The van der Waals surface area contributed by atoms with Crippen molar-refractivity contribution in [2.24, 2.45) is 5.73 Å². The zero-order chi connectivity index (χ0) is 12.3. The first-order valence-electron chi connectivity index (χ1n) is 5.87. The van der Waals surface area contributed by atoms with Gasteiger partial charge in [-0.2, -0.15) is 0 Å². The number of halogens is 1. The number of nitrogens with zero attached hydrogens (tertiary/aromatic N) is 1. The molecule has 1 aromatic carbocycles. The normalized spacial score (nSPS) is 17.3. The SMILES string of the molecule is N/C(=C\S)c1ccc(N2CCCCC2)c(F)c1. The molecule has 0 radical (unpaired) electrons. The molecule has 4 heteroatoms. The van der Waals surface area contributed by atoms with E-state index in [0.717, 1.165) is 25.9 Å². The highest BCUT2D eigenvalue weighted by molar-refractivity contribution is 7.83. The summed E-state index contributed by atoms with van der Waals surface area (Å²) in [4.78, 5) is 2.10. The molecule has 0 aromatic heterocycles. The first-order chi connectivity index (χ1) is 8.22. The van der Waals surface area contributed by atoms with Gasteiger partial charge in [0.2, 0.25) is 0 Å². The lowest BCUT2D eigenvalue weighted by molar-refractivity contribution is 0.557. The van der Waals surface area contributed by atoms with E-state index in [-0.39, 0.29) is 5.82 Å². The van der Waals surface area contributed by atoms with E-state index in [1.54, 1.807) is 6.07 Å². The summed E-state index contributed by atoms with van der Waals surface area (Å²) < 4.78 is 14.0. The molecule has 1 aromatic rings. The molecule has 17 heavy (non-hydrogen) atoms. The molecule has 1 heterocycles. The molecule has 0 amide bonds. The Hall–Kier alpha value is -1.16. The van der Waals surface area contributed by atoms with E-state index in [1.807, 2.05) is 6.07 Å². The van der Waals surface area contributed by atoms with Crippen molar-refractivity contribution in [1.82, 2.24) is 0 Å². The van der Waals surface area contributed by atoms with Crippen molar-refractivity contribution in [2.75, 3.05) is 18.0 Å². The quantitative estimate of drug-likeness (QED) is 0.792. The maximum Gasteiger partial charge on any atom is 0.147 e. The van der Waals surface area contributed by atoms with Crippen LogP contribution in [0.15, 0.2) is 23.6 Å². The Morgan fingerprint density at radius 2 is 2.00 bits per heavy atom. The van der Waals surface area contributed by atoms with Gasteiger partial charge in [-0.3, -0.25) is 0 Å². The van der Waals surface area contributed by atoms with Crippen molar-refractivity contribution in [1.29, 1.82) is 0 Å². The third-order valence-electron chi connectivity index (χ3n) is 3.12. The summed E-state index contributed by atoms with van der Waals surface area (Å²) in [6.07, 6.45) is 3.52. The van der Waals surface area contributed by atoms with Crippen LogP contribution in [0.25, 0.3) is 5.70 Å². The summed E-state index contributed by atoms with van der Waals surface area (Å²) in [5, 5.41) is 1.48. The fourth-order valence-electron chi connectivity index (χ4n) is 2.15. The highest BCUT2D eigenvalue weighted by Crippen LogP contribution is 2.25. The number of thiol groups is 1. The molecule has 1 aliphatic heterocycles. The zero-order valence-corrected chi connectivity index (χ0v) is 10.6. The maximum atomic E-state index is 14.0. The van der Waals surface area contributed by atoms with Crippen LogP contribution in [0.4, 0.5) is 10.1 Å². The maximum absolute atomic E-state index is 14.0. The predicted octanol–water partition coefficient (Wildman–Crippen LogP) is 3.00. The van der Waals surface area contributed by atoms with E-state index in [4.69, 9.17) is 5.73 Å². The van der Waals surface area contributed by atoms with Gasteiger partial charge >= 0.3 is 0 Å². The molecule has 0 aliphatic carbocycles. The third kappa shape index (κ3) is 2.75. The molecule has 1 aliphatic rings. The van der Waals surface area contributed by atoms with Crippen LogP contribution in [0.1, 0.15) is 24.8 Å². The summed E-state index contributed by atoms with van der Waals surface area (Å²) in [7, 11) is 0. The molecular formula is C13H17FN2S. The van der Waals surface area contributed by atoms with Gasteiger partial charge in [0.05, 0.1) is 5.69 Å². The van der Waals surface area contributed by atoms with Crippen molar-refractivity contribution >= 4 is 24.0 Å². The predicted molar refractivity (Wildman–Crippen MR) is 73.6 cm³/mol. The number of rotatable bonds is 2. The number of nitrogens with two attached hydrogens (primary N) is 1. The minimum absolute atomic E-state index is 0.206. The molecule has 0 spiro atoms. The van der Waals surface area contributed by atoms with Gasteiger partial charge in [0.15, 0.2) is 0 Å². The number of hydrogen-bond donors (Lipinski definition) is 2. The summed E-state index contributed by atoms with van der Waals surface area (Å²) >= 11 is 3.97. The number of anilines is 1. The molecule has 0 unspecified atom stereocenters. The molecule has 1 fully saturated rings. The first kappa shape index (κ1) is 12.3. The van der Waals surface area contributed by atoms with E-state index in [1.165, 1.54) is 17.9 Å². The summed E-state index contributed by atoms with van der Waals surface area (Å²) in [5.74, 6) is -0.206. The van der Waals surface area contributed by atoms with Gasteiger partial charge in [-0.1, -0.05) is 6.07 Å². The van der Waals surface area contributed by atoms with Crippen LogP contribution in [0.3, 0.4) is 0 Å². The Morgan fingerprint density at radius 3 is 2.59 bits per heavy atom. The second-order valence-corrected chi connectivity index (χ2v) is 4.56. The van der Waals surface area contributed by atoms with Crippen LogP contribution in [0.2, 0.25) is 0 Å². The molecular weight excluding hydrogens is 235 g/mol. The van der Waals surface area contributed by atoms with Crippen molar-refractivity contribution < 1.29 is 4.39 Å². The van der Waals surface area contributed by atoms with Crippen molar-refractivity contribution in [3.63, 3.8) is 0 Å². The first-order valence-corrected chi connectivity index (χ1v) is 6.39. The van der Waals surface area contributed by atoms with Gasteiger partial charge in [0.1, 0.15) is 5.82 Å². The van der Waals surface area contributed by atoms with E-state index >= 15 is 0 Å². The molecule has 0 bridgehead atoms. The third-order valence-corrected chi connectivity index (χ3v) is 3.40.